The number of hydrogen-bond acceptors (Lipinski definition) is 3. The van der Waals surface area contributed by atoms with Crippen molar-refractivity contribution in [3.05, 3.63) is 29.6 Å². The van der Waals surface area contributed by atoms with Gasteiger partial charge in [0.1, 0.15) is 5.82 Å². The molecule has 1 aliphatic rings. The molecule has 2 aromatic rings. The van der Waals surface area contributed by atoms with Gasteiger partial charge in [-0.25, -0.2) is 4.98 Å². The van der Waals surface area contributed by atoms with E-state index < -0.39 is 5.41 Å². The Hall–Kier alpha value is -1.88. The zero-order chi connectivity index (χ0) is 13.5. The number of aromatic nitrogens is 2. The number of nitrogens with one attached hydrogen (secondary N) is 2. The van der Waals surface area contributed by atoms with E-state index in [4.69, 9.17) is 0 Å². The number of aromatic amines is 1. The van der Waals surface area contributed by atoms with E-state index in [1.165, 1.54) is 0 Å². The van der Waals surface area contributed by atoms with Crippen molar-refractivity contribution in [2.24, 2.45) is 5.41 Å². The number of nitrogens with zero attached hydrogens (tertiary/aromatic N) is 1. The van der Waals surface area contributed by atoms with Crippen molar-refractivity contribution in [1.29, 1.82) is 0 Å². The van der Waals surface area contributed by atoms with Crippen molar-refractivity contribution in [3.8, 4) is 0 Å². The third-order valence-corrected chi connectivity index (χ3v) is 3.76. The second-order valence-corrected chi connectivity index (χ2v) is 5.29. The normalized spacial score (nSPS) is 16.5. The van der Waals surface area contributed by atoms with Crippen molar-refractivity contribution >= 4 is 16.9 Å². The van der Waals surface area contributed by atoms with Crippen molar-refractivity contribution in [1.82, 2.24) is 15.3 Å². The molecule has 0 unspecified atom stereocenters. The van der Waals surface area contributed by atoms with Gasteiger partial charge in [0, 0.05) is 6.54 Å². The van der Waals surface area contributed by atoms with E-state index in [2.05, 4.69) is 15.3 Å². The van der Waals surface area contributed by atoms with Crippen LogP contribution in [0.25, 0.3) is 11.0 Å². The number of fused-ring (bicyclic) bond motifs is 1. The quantitative estimate of drug-likeness (QED) is 0.773. The first-order valence-corrected chi connectivity index (χ1v) is 6.47. The summed E-state index contributed by atoms with van der Waals surface area (Å²) in [6.45, 7) is 2.34. The highest BCUT2D eigenvalue weighted by molar-refractivity contribution is 5.85. The van der Waals surface area contributed by atoms with Gasteiger partial charge < -0.3 is 15.4 Å². The smallest absolute Gasteiger partial charge is 0.228 e. The molecule has 1 aliphatic carbocycles. The van der Waals surface area contributed by atoms with Crippen LogP contribution in [0.3, 0.4) is 0 Å². The van der Waals surface area contributed by atoms with Crippen LogP contribution in [0.5, 0.6) is 0 Å². The van der Waals surface area contributed by atoms with Crippen molar-refractivity contribution in [3.63, 3.8) is 0 Å². The second-order valence-electron chi connectivity index (χ2n) is 5.29. The zero-order valence-corrected chi connectivity index (χ0v) is 10.9. The fourth-order valence-electron chi connectivity index (χ4n) is 2.27. The lowest BCUT2D eigenvalue weighted by Crippen LogP contribution is -2.33. The molecule has 1 saturated carbocycles. The first-order valence-electron chi connectivity index (χ1n) is 6.47. The van der Waals surface area contributed by atoms with Gasteiger partial charge in [-0.05, 0) is 37.5 Å². The highest BCUT2D eigenvalue weighted by Crippen LogP contribution is 2.45. The molecular formula is C14H17N3O2. The van der Waals surface area contributed by atoms with E-state index in [1.54, 1.807) is 0 Å². The predicted octanol–water partition coefficient (Wildman–Crippen LogP) is 1.26. The van der Waals surface area contributed by atoms with Gasteiger partial charge >= 0.3 is 0 Å². The third-order valence-electron chi connectivity index (χ3n) is 3.76. The Balaban J connectivity index is 1.70. The summed E-state index contributed by atoms with van der Waals surface area (Å²) in [7, 11) is 0. The van der Waals surface area contributed by atoms with Crippen molar-refractivity contribution < 1.29 is 9.90 Å². The summed E-state index contributed by atoms with van der Waals surface area (Å²) < 4.78 is 0. The van der Waals surface area contributed by atoms with E-state index in [0.717, 1.165) is 35.3 Å². The number of aliphatic hydroxyl groups is 1. The van der Waals surface area contributed by atoms with E-state index in [1.807, 2.05) is 25.1 Å². The number of amides is 1. The molecule has 1 aromatic heterocycles. The Bertz CT molecular complexity index is 629. The molecule has 3 N–H and O–H groups in total. The lowest BCUT2D eigenvalue weighted by Gasteiger charge is -2.12. The minimum absolute atomic E-state index is 0.0455. The highest BCUT2D eigenvalue weighted by Gasteiger charge is 2.49. The van der Waals surface area contributed by atoms with Crippen molar-refractivity contribution in [2.45, 2.75) is 26.3 Å². The summed E-state index contributed by atoms with van der Waals surface area (Å²) in [6, 6.07) is 5.90. The average molecular weight is 259 g/mol. The molecule has 0 bridgehead atoms. The van der Waals surface area contributed by atoms with Gasteiger partial charge in [-0.15, -0.1) is 0 Å². The van der Waals surface area contributed by atoms with Gasteiger partial charge in [0.15, 0.2) is 0 Å². The number of aryl methyl sites for hydroxylation is 1. The van der Waals surface area contributed by atoms with E-state index in [0.29, 0.717) is 6.54 Å². The first kappa shape index (κ1) is 12.2. The van der Waals surface area contributed by atoms with Crippen LogP contribution < -0.4 is 5.32 Å². The summed E-state index contributed by atoms with van der Waals surface area (Å²) in [4.78, 5) is 19.4. The van der Waals surface area contributed by atoms with Gasteiger partial charge in [0.2, 0.25) is 5.91 Å². The number of hydrogen-bond donors (Lipinski definition) is 3. The fraction of sp³-hybridized carbons (Fsp3) is 0.429. The Morgan fingerprint density at radius 1 is 1.53 bits per heavy atom. The lowest BCUT2D eigenvalue weighted by molar-refractivity contribution is -0.127. The van der Waals surface area contributed by atoms with Crippen LogP contribution in [0.4, 0.5) is 0 Å². The minimum Gasteiger partial charge on any atom is -0.395 e. The molecule has 0 atom stereocenters. The molecular weight excluding hydrogens is 242 g/mol. The molecule has 0 spiro atoms. The summed E-state index contributed by atoms with van der Waals surface area (Å²) in [5, 5.41) is 12.1. The predicted molar refractivity (Wildman–Crippen MR) is 71.4 cm³/mol. The second kappa shape index (κ2) is 4.35. The Morgan fingerprint density at radius 3 is 3.00 bits per heavy atom. The maximum absolute atomic E-state index is 11.9. The van der Waals surface area contributed by atoms with Crippen LogP contribution in [-0.4, -0.2) is 27.6 Å². The SMILES string of the molecule is Cc1nc2ccc(CNC(=O)C3(CO)CC3)cc2[nH]1. The molecule has 0 saturated heterocycles. The number of H-pyrrole nitrogens is 1. The first-order chi connectivity index (χ1) is 9.13. The molecule has 5 nitrogen and oxygen atoms in total. The largest absolute Gasteiger partial charge is 0.395 e. The Morgan fingerprint density at radius 2 is 2.32 bits per heavy atom. The van der Waals surface area contributed by atoms with Crippen LogP contribution >= 0.6 is 0 Å². The third kappa shape index (κ3) is 2.21. The van der Waals surface area contributed by atoms with Crippen molar-refractivity contribution in [2.75, 3.05) is 6.61 Å². The maximum Gasteiger partial charge on any atom is 0.228 e. The van der Waals surface area contributed by atoms with E-state index in [-0.39, 0.29) is 12.5 Å². The Kier molecular flexibility index (Phi) is 2.78. The summed E-state index contributed by atoms with van der Waals surface area (Å²) in [5.74, 6) is 0.837. The number of imidazole rings is 1. The molecule has 100 valence electrons. The van der Waals surface area contributed by atoms with E-state index in [9.17, 15) is 9.90 Å². The molecule has 5 heteroatoms. The van der Waals surface area contributed by atoms with E-state index >= 15 is 0 Å². The number of benzene rings is 1. The summed E-state index contributed by atoms with van der Waals surface area (Å²) in [6.07, 6.45) is 1.57. The van der Waals surface area contributed by atoms with Crippen LogP contribution in [-0.2, 0) is 11.3 Å². The molecule has 1 aromatic carbocycles. The van der Waals surface area contributed by atoms with Gasteiger partial charge in [-0.1, -0.05) is 6.07 Å². The summed E-state index contributed by atoms with van der Waals surface area (Å²) >= 11 is 0. The molecule has 3 rings (SSSR count). The van der Waals surface area contributed by atoms with Gasteiger partial charge in [-0.3, -0.25) is 4.79 Å². The van der Waals surface area contributed by atoms with Crippen LogP contribution in [0.1, 0.15) is 24.2 Å². The standard InChI is InChI=1S/C14H17N3O2/c1-9-16-11-3-2-10(6-12(11)17-9)7-15-13(19)14(8-18)4-5-14/h2-3,6,18H,4-5,7-8H2,1H3,(H,15,19)(H,16,17). The molecule has 0 aliphatic heterocycles. The number of aliphatic hydroxyl groups excluding tert-OH is 1. The number of carbonyl (C=O) groups is 1. The molecule has 1 amide bonds. The molecule has 0 radical (unpaired) electrons. The number of carbonyl (C=O) groups excluding carboxylic acids is 1. The topological polar surface area (TPSA) is 78.0 Å². The van der Waals surface area contributed by atoms with Gasteiger partial charge in [0.05, 0.1) is 23.1 Å². The van der Waals surface area contributed by atoms with Gasteiger partial charge in [0.25, 0.3) is 0 Å². The highest BCUT2D eigenvalue weighted by atomic mass is 16.3. The molecule has 1 heterocycles. The zero-order valence-electron chi connectivity index (χ0n) is 10.9. The van der Waals surface area contributed by atoms with Crippen LogP contribution in [0.2, 0.25) is 0 Å². The monoisotopic (exact) mass is 259 g/mol. The molecule has 1 fully saturated rings. The minimum atomic E-state index is -0.505. The van der Waals surface area contributed by atoms with Gasteiger partial charge in [-0.2, -0.15) is 0 Å². The average Bonchev–Trinajstić information content (AvgIpc) is 3.12. The lowest BCUT2D eigenvalue weighted by atomic mass is 10.1. The Labute approximate surface area is 111 Å². The number of rotatable bonds is 4. The maximum atomic E-state index is 11.9. The van der Waals surface area contributed by atoms with Crippen LogP contribution in [0, 0.1) is 12.3 Å². The summed E-state index contributed by atoms with van der Waals surface area (Å²) in [5.41, 5.74) is 2.43. The molecule has 19 heavy (non-hydrogen) atoms. The fourth-order valence-corrected chi connectivity index (χ4v) is 2.27. The van der Waals surface area contributed by atoms with Crippen LogP contribution in [0.15, 0.2) is 18.2 Å².